The van der Waals surface area contributed by atoms with Crippen molar-refractivity contribution in [2.45, 2.75) is 12.3 Å². The van der Waals surface area contributed by atoms with E-state index in [-0.39, 0.29) is 11.3 Å². The van der Waals surface area contributed by atoms with Gasteiger partial charge in [0.05, 0.1) is 5.38 Å². The topological polar surface area (TPSA) is 51.8 Å². The molecule has 0 fully saturated rings. The van der Waals surface area contributed by atoms with Crippen LogP contribution in [0.5, 0.6) is 0 Å². The second-order valence-electron chi connectivity index (χ2n) is 2.09. The van der Waals surface area contributed by atoms with E-state index in [1.165, 1.54) is 6.20 Å². The molecule has 60 valence electrons. The van der Waals surface area contributed by atoms with E-state index in [1.807, 2.05) is 0 Å². The van der Waals surface area contributed by atoms with Gasteiger partial charge in [-0.25, -0.2) is 9.97 Å². The number of nitrogen functional groups attached to an aromatic ring is 1. The quantitative estimate of drug-likeness (QED) is 0.546. The van der Waals surface area contributed by atoms with Crippen LogP contribution < -0.4 is 5.73 Å². The summed E-state index contributed by atoms with van der Waals surface area (Å²) in [5, 5.41) is 0.128. The molecular weight excluding hydrogens is 185 g/mol. The molecular formula is C6H7Cl2N3. The van der Waals surface area contributed by atoms with Crippen LogP contribution in [0.3, 0.4) is 0 Å². The van der Waals surface area contributed by atoms with E-state index in [0.29, 0.717) is 10.7 Å². The predicted octanol–water partition coefficient (Wildman–Crippen LogP) is 2.01. The molecule has 0 saturated carbocycles. The Hall–Kier alpha value is -0.540. The lowest BCUT2D eigenvalue weighted by Crippen LogP contribution is -1.98. The van der Waals surface area contributed by atoms with Crippen molar-refractivity contribution >= 4 is 29.2 Å². The molecule has 1 atom stereocenters. The fourth-order valence-electron chi connectivity index (χ4n) is 0.650. The number of alkyl halides is 1. The molecule has 11 heavy (non-hydrogen) atoms. The van der Waals surface area contributed by atoms with Gasteiger partial charge in [-0.2, -0.15) is 0 Å². The van der Waals surface area contributed by atoms with Gasteiger partial charge in [0.25, 0.3) is 0 Å². The summed E-state index contributed by atoms with van der Waals surface area (Å²) in [6.45, 7) is 1.79. The van der Waals surface area contributed by atoms with E-state index in [9.17, 15) is 0 Å². The zero-order valence-corrected chi connectivity index (χ0v) is 7.39. The second-order valence-corrected chi connectivity index (χ2v) is 3.10. The van der Waals surface area contributed by atoms with E-state index in [4.69, 9.17) is 28.9 Å². The molecule has 0 spiro atoms. The highest BCUT2D eigenvalue weighted by Crippen LogP contribution is 2.24. The molecule has 0 amide bonds. The summed E-state index contributed by atoms with van der Waals surface area (Å²) in [6.07, 6.45) is 1.53. The Kier molecular flexibility index (Phi) is 2.52. The van der Waals surface area contributed by atoms with Crippen LogP contribution in [0.2, 0.25) is 5.15 Å². The van der Waals surface area contributed by atoms with Gasteiger partial charge in [-0.05, 0) is 6.92 Å². The normalized spacial score (nSPS) is 13.0. The molecule has 0 radical (unpaired) electrons. The van der Waals surface area contributed by atoms with Gasteiger partial charge >= 0.3 is 0 Å². The van der Waals surface area contributed by atoms with Crippen molar-refractivity contribution < 1.29 is 0 Å². The second kappa shape index (κ2) is 3.24. The fourth-order valence-corrected chi connectivity index (χ4v) is 1.16. The molecule has 1 unspecified atom stereocenters. The Morgan fingerprint density at radius 2 is 2.27 bits per heavy atom. The minimum atomic E-state index is -0.192. The van der Waals surface area contributed by atoms with E-state index in [2.05, 4.69) is 9.97 Å². The summed E-state index contributed by atoms with van der Waals surface area (Å²) in [6, 6.07) is 0. The Morgan fingerprint density at radius 1 is 1.64 bits per heavy atom. The van der Waals surface area contributed by atoms with Crippen molar-refractivity contribution in [2.75, 3.05) is 5.73 Å². The molecule has 1 aromatic heterocycles. The zero-order chi connectivity index (χ0) is 8.43. The molecule has 3 nitrogen and oxygen atoms in total. The van der Waals surface area contributed by atoms with Crippen LogP contribution in [-0.2, 0) is 0 Å². The summed E-state index contributed by atoms with van der Waals surface area (Å²) < 4.78 is 0. The largest absolute Gasteiger partial charge is 0.368 e. The molecule has 0 aliphatic rings. The van der Waals surface area contributed by atoms with Crippen molar-refractivity contribution in [2.24, 2.45) is 0 Å². The van der Waals surface area contributed by atoms with Crippen LogP contribution in [0, 0.1) is 0 Å². The van der Waals surface area contributed by atoms with Crippen molar-refractivity contribution in [3.63, 3.8) is 0 Å². The zero-order valence-electron chi connectivity index (χ0n) is 5.88. The summed E-state index contributed by atoms with van der Waals surface area (Å²) in [4.78, 5) is 7.50. The van der Waals surface area contributed by atoms with E-state index in [1.54, 1.807) is 6.92 Å². The van der Waals surface area contributed by atoms with Crippen molar-refractivity contribution in [3.8, 4) is 0 Å². The van der Waals surface area contributed by atoms with E-state index in [0.717, 1.165) is 0 Å². The van der Waals surface area contributed by atoms with E-state index >= 15 is 0 Å². The number of aromatic nitrogens is 2. The Balaban J connectivity index is 3.09. The molecule has 1 aromatic rings. The summed E-state index contributed by atoms with van der Waals surface area (Å²) >= 11 is 11.5. The summed E-state index contributed by atoms with van der Waals surface area (Å²) in [5.74, 6) is 0.163. The Morgan fingerprint density at radius 3 is 2.73 bits per heavy atom. The molecule has 0 aliphatic heterocycles. The van der Waals surface area contributed by atoms with Gasteiger partial charge < -0.3 is 5.73 Å². The van der Waals surface area contributed by atoms with Crippen LogP contribution in [0.4, 0.5) is 5.95 Å². The van der Waals surface area contributed by atoms with Crippen LogP contribution >= 0.6 is 23.2 Å². The minimum Gasteiger partial charge on any atom is -0.368 e. The number of hydrogen-bond acceptors (Lipinski definition) is 3. The molecule has 1 heterocycles. The van der Waals surface area contributed by atoms with Gasteiger partial charge in [0.15, 0.2) is 0 Å². The SMILES string of the molecule is CC(Cl)c1cnc(N)nc1Cl. The maximum absolute atomic E-state index is 5.76. The first-order chi connectivity index (χ1) is 5.11. The third-order valence-corrected chi connectivity index (χ3v) is 1.75. The highest BCUT2D eigenvalue weighted by molar-refractivity contribution is 6.31. The highest BCUT2D eigenvalue weighted by Gasteiger charge is 2.07. The molecule has 0 aliphatic carbocycles. The van der Waals surface area contributed by atoms with Gasteiger partial charge in [0.2, 0.25) is 5.95 Å². The number of halogens is 2. The maximum atomic E-state index is 5.76. The Bertz CT molecular complexity index is 262. The summed E-state index contributed by atoms with van der Waals surface area (Å²) in [7, 11) is 0. The number of rotatable bonds is 1. The number of hydrogen-bond donors (Lipinski definition) is 1. The smallest absolute Gasteiger partial charge is 0.221 e. The van der Waals surface area contributed by atoms with Gasteiger partial charge in [-0.1, -0.05) is 11.6 Å². The van der Waals surface area contributed by atoms with Crippen LogP contribution in [0.1, 0.15) is 17.9 Å². The lowest BCUT2D eigenvalue weighted by atomic mass is 10.3. The molecule has 0 saturated heterocycles. The maximum Gasteiger partial charge on any atom is 0.221 e. The van der Waals surface area contributed by atoms with Crippen LogP contribution in [0.25, 0.3) is 0 Å². The van der Waals surface area contributed by atoms with Gasteiger partial charge in [-0.3, -0.25) is 0 Å². The molecule has 0 aromatic carbocycles. The molecule has 2 N–H and O–H groups in total. The van der Waals surface area contributed by atoms with E-state index < -0.39 is 0 Å². The first-order valence-electron chi connectivity index (χ1n) is 3.03. The van der Waals surface area contributed by atoms with Crippen molar-refractivity contribution in [1.82, 2.24) is 9.97 Å². The molecule has 5 heteroatoms. The fraction of sp³-hybridized carbons (Fsp3) is 0.333. The van der Waals surface area contributed by atoms with Crippen LogP contribution in [-0.4, -0.2) is 9.97 Å². The number of nitrogens with two attached hydrogens (primary N) is 1. The van der Waals surface area contributed by atoms with Crippen LogP contribution in [0.15, 0.2) is 6.20 Å². The summed E-state index contributed by atoms with van der Waals surface area (Å²) in [5.41, 5.74) is 5.97. The highest BCUT2D eigenvalue weighted by atomic mass is 35.5. The lowest BCUT2D eigenvalue weighted by Gasteiger charge is -2.03. The predicted molar refractivity (Wildman–Crippen MR) is 45.7 cm³/mol. The standard InChI is InChI=1S/C6H7Cl2N3/c1-3(7)4-2-10-6(9)11-5(4)8/h2-3H,1H3,(H2,9,10,11). The third-order valence-electron chi connectivity index (χ3n) is 1.22. The van der Waals surface area contributed by atoms with Gasteiger partial charge in [0, 0.05) is 11.8 Å². The average molecular weight is 192 g/mol. The Labute approximate surface area is 74.5 Å². The van der Waals surface area contributed by atoms with Gasteiger partial charge in [-0.15, -0.1) is 11.6 Å². The number of nitrogens with zero attached hydrogens (tertiary/aromatic N) is 2. The first-order valence-corrected chi connectivity index (χ1v) is 3.84. The average Bonchev–Trinajstić information content (AvgIpc) is 1.85. The van der Waals surface area contributed by atoms with Crippen molar-refractivity contribution in [1.29, 1.82) is 0 Å². The first kappa shape index (κ1) is 8.56. The van der Waals surface area contributed by atoms with Gasteiger partial charge in [0.1, 0.15) is 5.15 Å². The number of anilines is 1. The monoisotopic (exact) mass is 191 g/mol. The third kappa shape index (κ3) is 1.94. The molecule has 0 bridgehead atoms. The lowest BCUT2D eigenvalue weighted by molar-refractivity contribution is 1.02. The minimum absolute atomic E-state index is 0.163. The van der Waals surface area contributed by atoms with Crippen molar-refractivity contribution in [3.05, 3.63) is 16.9 Å². The molecule has 1 rings (SSSR count).